The molecule has 0 spiro atoms. The molecule has 0 aliphatic rings. The van der Waals surface area contributed by atoms with Crippen molar-refractivity contribution in [1.29, 1.82) is 0 Å². The van der Waals surface area contributed by atoms with Gasteiger partial charge in [-0.3, -0.25) is 0 Å². The highest BCUT2D eigenvalue weighted by molar-refractivity contribution is 7.89. The van der Waals surface area contributed by atoms with Gasteiger partial charge in [-0.1, -0.05) is 0 Å². The predicted molar refractivity (Wildman–Crippen MR) is 59.4 cm³/mol. The molecular formula is C9H14N2O4S. The largest absolute Gasteiger partial charge is 0.506 e. The highest BCUT2D eigenvalue weighted by Gasteiger charge is 2.17. The van der Waals surface area contributed by atoms with Gasteiger partial charge in [0.15, 0.2) is 0 Å². The summed E-state index contributed by atoms with van der Waals surface area (Å²) in [6.45, 7) is 1.23. The quantitative estimate of drug-likeness (QED) is 0.428. The van der Waals surface area contributed by atoms with Crippen LogP contribution in [0.3, 0.4) is 0 Å². The maximum absolute atomic E-state index is 11.7. The summed E-state index contributed by atoms with van der Waals surface area (Å²) in [6, 6.07) is 3.01. The third-order valence-electron chi connectivity index (χ3n) is 1.94. The van der Waals surface area contributed by atoms with Gasteiger partial charge in [-0.25, -0.2) is 13.1 Å². The summed E-state index contributed by atoms with van der Waals surface area (Å²) in [5.41, 5.74) is 5.37. The molecule has 0 bridgehead atoms. The van der Waals surface area contributed by atoms with Crippen LogP contribution in [0.4, 0.5) is 5.69 Å². The average Bonchev–Trinajstić information content (AvgIpc) is 2.21. The molecule has 0 saturated carbocycles. The Labute approximate surface area is 93.8 Å². The third-order valence-corrected chi connectivity index (χ3v) is 3.53. The topological polar surface area (TPSA) is 113 Å². The fourth-order valence-electron chi connectivity index (χ4n) is 1.07. The number of rotatable bonds is 4. The SMILES string of the molecule is C[C@H](CO)NS(=O)(=O)c1ccc(O)c(N)c1. The van der Waals surface area contributed by atoms with Crippen LogP contribution in [0.25, 0.3) is 0 Å². The molecule has 0 heterocycles. The van der Waals surface area contributed by atoms with Gasteiger partial charge in [0, 0.05) is 6.04 Å². The van der Waals surface area contributed by atoms with E-state index in [4.69, 9.17) is 15.9 Å². The molecule has 5 N–H and O–H groups in total. The van der Waals surface area contributed by atoms with Crippen LogP contribution in [0, 0.1) is 0 Å². The number of hydrogen-bond acceptors (Lipinski definition) is 5. The van der Waals surface area contributed by atoms with Crippen molar-refractivity contribution < 1.29 is 18.6 Å². The second-order valence-corrected chi connectivity index (χ2v) is 5.14. The number of benzene rings is 1. The van der Waals surface area contributed by atoms with Gasteiger partial charge in [0.05, 0.1) is 17.2 Å². The standard InChI is InChI=1S/C9H14N2O4S/c1-6(5-12)11-16(14,15)7-2-3-9(13)8(10)4-7/h2-4,6,11-13H,5,10H2,1H3/t6-/m1/s1. The summed E-state index contributed by atoms with van der Waals surface area (Å²) in [7, 11) is -3.71. The molecule has 90 valence electrons. The Kier molecular flexibility index (Phi) is 3.74. The summed E-state index contributed by atoms with van der Waals surface area (Å²) >= 11 is 0. The number of aromatic hydroxyl groups is 1. The Morgan fingerprint density at radius 2 is 2.12 bits per heavy atom. The van der Waals surface area contributed by atoms with Crippen LogP contribution >= 0.6 is 0 Å². The molecule has 6 nitrogen and oxygen atoms in total. The molecule has 0 aliphatic carbocycles. The summed E-state index contributed by atoms with van der Waals surface area (Å²) in [6.07, 6.45) is 0. The fourth-order valence-corrected chi connectivity index (χ4v) is 2.34. The van der Waals surface area contributed by atoms with Gasteiger partial charge in [-0.15, -0.1) is 0 Å². The lowest BCUT2D eigenvalue weighted by Crippen LogP contribution is -2.35. The molecule has 0 unspecified atom stereocenters. The zero-order valence-electron chi connectivity index (χ0n) is 8.71. The number of aliphatic hydroxyl groups excluding tert-OH is 1. The second kappa shape index (κ2) is 4.69. The van der Waals surface area contributed by atoms with Gasteiger partial charge >= 0.3 is 0 Å². The van der Waals surface area contributed by atoms with Crippen LogP contribution < -0.4 is 10.5 Å². The van der Waals surface area contributed by atoms with Crippen molar-refractivity contribution >= 4 is 15.7 Å². The number of anilines is 1. The van der Waals surface area contributed by atoms with Gasteiger partial charge < -0.3 is 15.9 Å². The minimum absolute atomic E-state index is 0.0143. The number of nitrogens with two attached hydrogens (primary N) is 1. The molecule has 0 saturated heterocycles. The molecule has 0 aromatic heterocycles. The zero-order chi connectivity index (χ0) is 12.3. The van der Waals surface area contributed by atoms with Crippen LogP contribution in [0.1, 0.15) is 6.92 Å². The van der Waals surface area contributed by atoms with Crippen molar-refractivity contribution in [3.63, 3.8) is 0 Å². The first kappa shape index (κ1) is 12.8. The molecule has 0 amide bonds. The van der Waals surface area contributed by atoms with Gasteiger partial charge in [-0.2, -0.15) is 0 Å². The van der Waals surface area contributed by atoms with Crippen LogP contribution in [0.15, 0.2) is 23.1 Å². The van der Waals surface area contributed by atoms with E-state index in [1.165, 1.54) is 19.1 Å². The monoisotopic (exact) mass is 246 g/mol. The average molecular weight is 246 g/mol. The van der Waals surface area contributed by atoms with Gasteiger partial charge in [-0.05, 0) is 25.1 Å². The molecule has 7 heteroatoms. The maximum Gasteiger partial charge on any atom is 0.240 e. The van der Waals surface area contributed by atoms with E-state index in [1.54, 1.807) is 0 Å². The van der Waals surface area contributed by atoms with Crippen LogP contribution in [0.5, 0.6) is 5.75 Å². The Bertz CT molecular complexity index is 472. The Morgan fingerprint density at radius 3 is 2.62 bits per heavy atom. The molecule has 1 aromatic rings. The number of nitrogen functional groups attached to an aromatic ring is 1. The molecule has 1 aromatic carbocycles. The lowest BCUT2D eigenvalue weighted by atomic mass is 10.3. The summed E-state index contributed by atoms with van der Waals surface area (Å²) < 4.78 is 25.7. The van der Waals surface area contributed by atoms with Crippen molar-refractivity contribution in [1.82, 2.24) is 4.72 Å². The van der Waals surface area contributed by atoms with Crippen molar-refractivity contribution in [2.75, 3.05) is 12.3 Å². The highest BCUT2D eigenvalue weighted by Crippen LogP contribution is 2.23. The van der Waals surface area contributed by atoms with E-state index < -0.39 is 16.1 Å². The maximum atomic E-state index is 11.7. The first-order valence-corrected chi connectivity index (χ1v) is 6.07. The van der Waals surface area contributed by atoms with Gasteiger partial charge in [0.2, 0.25) is 10.0 Å². The normalized spacial score (nSPS) is 13.6. The van der Waals surface area contributed by atoms with Crippen LogP contribution in [0.2, 0.25) is 0 Å². The van der Waals surface area contributed by atoms with Crippen molar-refractivity contribution in [3.8, 4) is 5.75 Å². The minimum atomic E-state index is -3.71. The molecule has 1 rings (SSSR count). The first-order valence-electron chi connectivity index (χ1n) is 4.58. The number of sulfonamides is 1. The van der Waals surface area contributed by atoms with E-state index in [9.17, 15) is 8.42 Å². The fraction of sp³-hybridized carbons (Fsp3) is 0.333. The van der Waals surface area contributed by atoms with E-state index in [0.717, 1.165) is 6.07 Å². The molecule has 0 radical (unpaired) electrons. The number of phenols is 1. The lowest BCUT2D eigenvalue weighted by molar-refractivity contribution is 0.265. The lowest BCUT2D eigenvalue weighted by Gasteiger charge is -2.12. The molecule has 16 heavy (non-hydrogen) atoms. The Balaban J connectivity index is 3.03. The smallest absolute Gasteiger partial charge is 0.240 e. The predicted octanol–water partition coefficient (Wildman–Crippen LogP) is -0.367. The Hall–Kier alpha value is -1.31. The molecule has 1 atom stereocenters. The van der Waals surface area contributed by atoms with E-state index in [-0.39, 0.29) is 22.9 Å². The van der Waals surface area contributed by atoms with E-state index in [1.807, 2.05) is 0 Å². The second-order valence-electron chi connectivity index (χ2n) is 3.43. The van der Waals surface area contributed by atoms with Crippen molar-refractivity contribution in [2.24, 2.45) is 0 Å². The summed E-state index contributed by atoms with van der Waals surface area (Å²) in [5.74, 6) is -0.172. The number of phenolic OH excluding ortho intramolecular Hbond substituents is 1. The zero-order valence-corrected chi connectivity index (χ0v) is 9.53. The van der Waals surface area contributed by atoms with Gasteiger partial charge in [0.1, 0.15) is 5.75 Å². The summed E-state index contributed by atoms with van der Waals surface area (Å²) in [4.78, 5) is -0.0527. The van der Waals surface area contributed by atoms with E-state index in [2.05, 4.69) is 4.72 Å². The minimum Gasteiger partial charge on any atom is -0.506 e. The van der Waals surface area contributed by atoms with Crippen molar-refractivity contribution in [2.45, 2.75) is 17.9 Å². The third kappa shape index (κ3) is 2.84. The molecular weight excluding hydrogens is 232 g/mol. The van der Waals surface area contributed by atoms with Crippen LogP contribution in [-0.4, -0.2) is 31.3 Å². The highest BCUT2D eigenvalue weighted by atomic mass is 32.2. The Morgan fingerprint density at radius 1 is 1.50 bits per heavy atom. The molecule has 0 fully saturated rings. The van der Waals surface area contributed by atoms with Gasteiger partial charge in [0.25, 0.3) is 0 Å². The first-order chi connectivity index (χ1) is 7.36. The van der Waals surface area contributed by atoms with Crippen LogP contribution in [-0.2, 0) is 10.0 Å². The van der Waals surface area contributed by atoms with E-state index >= 15 is 0 Å². The molecule has 0 aliphatic heterocycles. The number of hydrogen-bond donors (Lipinski definition) is 4. The van der Waals surface area contributed by atoms with Crippen molar-refractivity contribution in [3.05, 3.63) is 18.2 Å². The van der Waals surface area contributed by atoms with E-state index in [0.29, 0.717) is 0 Å². The number of aliphatic hydroxyl groups is 1. The summed E-state index contributed by atoms with van der Waals surface area (Å²) in [5, 5.41) is 17.9. The number of nitrogens with one attached hydrogen (secondary N) is 1.